The molecule has 4 heterocycles. The summed E-state index contributed by atoms with van der Waals surface area (Å²) in [7, 11) is 0. The normalized spacial score (nSPS) is 19.8. The third-order valence-electron chi connectivity index (χ3n) is 3.64. The molecule has 2 aliphatic heterocycles. The third-order valence-corrected chi connectivity index (χ3v) is 3.64. The number of nitrogens with zero attached hydrogens (tertiary/aromatic N) is 2. The van der Waals surface area contributed by atoms with Gasteiger partial charge in [0.2, 0.25) is 0 Å². The first-order valence-corrected chi connectivity index (χ1v) is 7.27. The summed E-state index contributed by atoms with van der Waals surface area (Å²) in [6.45, 7) is 2.45. The molecule has 6 nitrogen and oxygen atoms in total. The van der Waals surface area contributed by atoms with Crippen molar-refractivity contribution in [2.45, 2.75) is 12.6 Å². The lowest BCUT2D eigenvalue weighted by Gasteiger charge is -2.12. The molecule has 0 amide bonds. The molecule has 0 N–H and O–H groups in total. The zero-order chi connectivity index (χ0) is 14.8. The van der Waals surface area contributed by atoms with E-state index in [0.717, 1.165) is 22.3 Å². The maximum absolute atomic E-state index is 5.52. The zero-order valence-electron chi connectivity index (χ0n) is 12.0. The number of hydrogen-bond donors (Lipinski definition) is 0. The largest absolute Gasteiger partial charge is 0.346 e. The highest BCUT2D eigenvalue weighted by Crippen LogP contribution is 2.29. The van der Waals surface area contributed by atoms with Crippen molar-refractivity contribution in [3.8, 4) is 11.1 Å². The molecule has 2 aliphatic rings. The molecule has 2 aromatic rings. The fourth-order valence-corrected chi connectivity index (χ4v) is 2.59. The molecule has 0 atom stereocenters. The lowest BCUT2D eigenvalue weighted by Crippen LogP contribution is -2.01. The Bertz CT molecular complexity index is 595. The van der Waals surface area contributed by atoms with Gasteiger partial charge in [0.25, 0.3) is 0 Å². The minimum atomic E-state index is -0.329. The zero-order valence-corrected chi connectivity index (χ0v) is 12.0. The summed E-state index contributed by atoms with van der Waals surface area (Å²) in [6.07, 6.45) is 6.47. The molecule has 0 spiro atoms. The molecular formula is C16H16N2O4. The van der Waals surface area contributed by atoms with Crippen LogP contribution in [0.4, 0.5) is 0 Å². The second-order valence-electron chi connectivity index (χ2n) is 5.16. The van der Waals surface area contributed by atoms with Crippen LogP contribution >= 0.6 is 0 Å². The summed E-state index contributed by atoms with van der Waals surface area (Å²) in [6, 6.07) is 4.03. The highest BCUT2D eigenvalue weighted by atomic mass is 16.7. The van der Waals surface area contributed by atoms with Crippen molar-refractivity contribution in [3.63, 3.8) is 0 Å². The minimum Gasteiger partial charge on any atom is -0.346 e. The van der Waals surface area contributed by atoms with Crippen molar-refractivity contribution in [2.75, 3.05) is 26.4 Å². The van der Waals surface area contributed by atoms with E-state index in [-0.39, 0.29) is 12.6 Å². The molecule has 0 aliphatic carbocycles. The molecule has 0 bridgehead atoms. The highest BCUT2D eigenvalue weighted by Gasteiger charge is 2.21. The average molecular weight is 300 g/mol. The van der Waals surface area contributed by atoms with E-state index < -0.39 is 0 Å². The summed E-state index contributed by atoms with van der Waals surface area (Å²) in [5.41, 5.74) is 3.75. The van der Waals surface area contributed by atoms with Gasteiger partial charge in [0.05, 0.1) is 26.4 Å². The van der Waals surface area contributed by atoms with Gasteiger partial charge < -0.3 is 18.9 Å². The highest BCUT2D eigenvalue weighted by molar-refractivity contribution is 5.62. The Morgan fingerprint density at radius 1 is 0.636 bits per heavy atom. The lowest BCUT2D eigenvalue weighted by molar-refractivity contribution is -0.0446. The quantitative estimate of drug-likeness (QED) is 0.866. The van der Waals surface area contributed by atoms with Crippen molar-refractivity contribution in [1.29, 1.82) is 0 Å². The first-order chi connectivity index (χ1) is 10.9. The van der Waals surface area contributed by atoms with Gasteiger partial charge in [-0.2, -0.15) is 0 Å². The third kappa shape index (κ3) is 2.74. The molecule has 22 heavy (non-hydrogen) atoms. The molecule has 4 rings (SSSR count). The molecule has 2 aromatic heterocycles. The Morgan fingerprint density at radius 2 is 1.05 bits per heavy atom. The van der Waals surface area contributed by atoms with Crippen molar-refractivity contribution in [2.24, 2.45) is 0 Å². The molecule has 2 fully saturated rings. The van der Waals surface area contributed by atoms with Crippen LogP contribution in [0.3, 0.4) is 0 Å². The van der Waals surface area contributed by atoms with Crippen LogP contribution in [0.15, 0.2) is 36.9 Å². The molecule has 0 saturated carbocycles. The summed E-state index contributed by atoms with van der Waals surface area (Å²) in [5, 5.41) is 0. The van der Waals surface area contributed by atoms with E-state index in [1.165, 1.54) is 0 Å². The van der Waals surface area contributed by atoms with Gasteiger partial charge in [-0.1, -0.05) is 0 Å². The fraction of sp³-hybridized carbons (Fsp3) is 0.375. The van der Waals surface area contributed by atoms with Gasteiger partial charge in [0.1, 0.15) is 0 Å². The summed E-state index contributed by atoms with van der Waals surface area (Å²) in [5.74, 6) is 0. The summed E-state index contributed by atoms with van der Waals surface area (Å²) < 4.78 is 22.1. The Kier molecular flexibility index (Phi) is 3.82. The van der Waals surface area contributed by atoms with Crippen LogP contribution in [0.1, 0.15) is 23.7 Å². The number of pyridine rings is 2. The number of ether oxygens (including phenoxy) is 4. The van der Waals surface area contributed by atoms with Gasteiger partial charge in [-0.3, -0.25) is 9.97 Å². The summed E-state index contributed by atoms with van der Waals surface area (Å²) >= 11 is 0. The van der Waals surface area contributed by atoms with Gasteiger partial charge in [-0.05, 0) is 12.1 Å². The Labute approximate surface area is 128 Å². The van der Waals surface area contributed by atoms with Crippen LogP contribution in [-0.4, -0.2) is 36.4 Å². The van der Waals surface area contributed by atoms with E-state index in [0.29, 0.717) is 26.4 Å². The molecule has 0 unspecified atom stereocenters. The lowest BCUT2D eigenvalue weighted by atomic mass is 10.1. The Hall–Kier alpha value is -1.86. The Balaban J connectivity index is 1.63. The number of aromatic nitrogens is 2. The smallest absolute Gasteiger partial charge is 0.185 e. The van der Waals surface area contributed by atoms with Crippen molar-refractivity contribution < 1.29 is 18.9 Å². The minimum absolute atomic E-state index is 0.329. The molecule has 2 saturated heterocycles. The average Bonchev–Trinajstić information content (AvgIpc) is 3.29. The van der Waals surface area contributed by atoms with E-state index in [9.17, 15) is 0 Å². The van der Waals surface area contributed by atoms with Crippen LogP contribution in [0, 0.1) is 0 Å². The van der Waals surface area contributed by atoms with E-state index in [4.69, 9.17) is 18.9 Å². The monoisotopic (exact) mass is 300 g/mol. The molecule has 0 radical (unpaired) electrons. The van der Waals surface area contributed by atoms with Crippen molar-refractivity contribution >= 4 is 0 Å². The van der Waals surface area contributed by atoms with E-state index in [1.54, 1.807) is 24.8 Å². The first kappa shape index (κ1) is 13.8. The van der Waals surface area contributed by atoms with Crippen molar-refractivity contribution in [1.82, 2.24) is 9.97 Å². The van der Waals surface area contributed by atoms with Crippen LogP contribution in [0.5, 0.6) is 0 Å². The van der Waals surface area contributed by atoms with Crippen LogP contribution in [0.25, 0.3) is 11.1 Å². The second-order valence-corrected chi connectivity index (χ2v) is 5.16. The van der Waals surface area contributed by atoms with Gasteiger partial charge in [-0.25, -0.2) is 0 Å². The SMILES string of the molecule is c1ncc(C2OCCO2)cc1-c1cncc(C2OCCO2)c1. The predicted octanol–water partition coefficient (Wildman–Crippen LogP) is 2.23. The topological polar surface area (TPSA) is 62.7 Å². The van der Waals surface area contributed by atoms with Crippen LogP contribution < -0.4 is 0 Å². The number of hydrogen-bond acceptors (Lipinski definition) is 6. The van der Waals surface area contributed by atoms with E-state index in [2.05, 4.69) is 9.97 Å². The summed E-state index contributed by atoms with van der Waals surface area (Å²) in [4.78, 5) is 8.57. The van der Waals surface area contributed by atoms with Crippen molar-refractivity contribution in [3.05, 3.63) is 48.0 Å². The predicted molar refractivity (Wildman–Crippen MR) is 76.8 cm³/mol. The van der Waals surface area contributed by atoms with Gasteiger partial charge in [0.15, 0.2) is 12.6 Å². The van der Waals surface area contributed by atoms with Gasteiger partial charge in [0, 0.05) is 47.0 Å². The van der Waals surface area contributed by atoms with Crippen LogP contribution in [-0.2, 0) is 18.9 Å². The molecule has 114 valence electrons. The van der Waals surface area contributed by atoms with Crippen LogP contribution in [0.2, 0.25) is 0 Å². The van der Waals surface area contributed by atoms with E-state index >= 15 is 0 Å². The van der Waals surface area contributed by atoms with Gasteiger partial charge in [-0.15, -0.1) is 0 Å². The molecule has 6 heteroatoms. The number of rotatable bonds is 3. The molecule has 0 aromatic carbocycles. The fourth-order valence-electron chi connectivity index (χ4n) is 2.59. The maximum atomic E-state index is 5.52. The second kappa shape index (κ2) is 6.10. The standard InChI is InChI=1S/C16H16N2O4/c1-2-20-15(19-1)13-5-11(7-17-9-13)12-6-14(10-18-8-12)16-21-3-4-22-16/h5-10,15-16H,1-4H2. The maximum Gasteiger partial charge on any atom is 0.185 e. The molecular weight excluding hydrogens is 284 g/mol. The first-order valence-electron chi connectivity index (χ1n) is 7.27. The van der Waals surface area contributed by atoms with Gasteiger partial charge >= 0.3 is 0 Å². The Morgan fingerprint density at radius 3 is 1.45 bits per heavy atom. The van der Waals surface area contributed by atoms with E-state index in [1.807, 2.05) is 12.1 Å².